The van der Waals surface area contributed by atoms with E-state index < -0.39 is 0 Å². The second-order valence-corrected chi connectivity index (χ2v) is 5.11. The minimum atomic E-state index is 0.882. The van der Waals surface area contributed by atoms with Crippen LogP contribution in [0.3, 0.4) is 0 Å². The maximum Gasteiger partial charge on any atom is 0.126 e. The summed E-state index contributed by atoms with van der Waals surface area (Å²) in [4.78, 5) is 10.1. The van der Waals surface area contributed by atoms with Gasteiger partial charge in [-0.15, -0.1) is 11.3 Å². The summed E-state index contributed by atoms with van der Waals surface area (Å²) >= 11 is 1.80. The van der Waals surface area contributed by atoms with Crippen LogP contribution in [0.1, 0.15) is 22.5 Å². The normalized spacial score (nSPS) is 10.5. The second-order valence-electron chi connectivity index (χ2n) is 3.91. The first-order valence-corrected chi connectivity index (χ1v) is 6.70. The number of rotatable bonds is 5. The Morgan fingerprint density at radius 3 is 2.94 bits per heavy atom. The number of hydrogen-bond acceptors (Lipinski definition) is 4. The zero-order valence-corrected chi connectivity index (χ0v) is 11.0. The van der Waals surface area contributed by atoms with Crippen molar-refractivity contribution in [2.75, 3.05) is 11.9 Å². The van der Waals surface area contributed by atoms with Gasteiger partial charge in [0.25, 0.3) is 0 Å². The molecule has 0 spiro atoms. The Labute approximate surface area is 106 Å². The van der Waals surface area contributed by atoms with Gasteiger partial charge in [-0.2, -0.15) is 0 Å². The van der Waals surface area contributed by atoms with Gasteiger partial charge in [-0.05, 0) is 25.5 Å². The number of pyridine rings is 1. The van der Waals surface area contributed by atoms with Crippen molar-refractivity contribution in [1.29, 1.82) is 0 Å². The fourth-order valence-electron chi connectivity index (χ4n) is 1.57. The lowest BCUT2D eigenvalue weighted by atomic mass is 10.3. The lowest BCUT2D eigenvalue weighted by Crippen LogP contribution is -2.06. The van der Waals surface area contributed by atoms with Crippen LogP contribution in [0.25, 0.3) is 0 Å². The molecule has 0 aliphatic heterocycles. The standard InChI is InChI=1S/C13H17N3S/c1-3-11-9-15-13(17-11)7-8-14-12-6-4-5-10(2)16-12/h4-6,9H,3,7-8H2,1-2H3,(H,14,16). The molecule has 3 nitrogen and oxygen atoms in total. The number of aryl methyl sites for hydroxylation is 2. The molecule has 17 heavy (non-hydrogen) atoms. The Morgan fingerprint density at radius 1 is 1.35 bits per heavy atom. The molecule has 0 unspecified atom stereocenters. The van der Waals surface area contributed by atoms with E-state index in [1.54, 1.807) is 11.3 Å². The molecule has 0 amide bonds. The van der Waals surface area contributed by atoms with Gasteiger partial charge < -0.3 is 5.32 Å². The molecule has 0 aromatic carbocycles. The van der Waals surface area contributed by atoms with Crippen molar-refractivity contribution >= 4 is 17.2 Å². The first-order chi connectivity index (χ1) is 8.28. The average Bonchev–Trinajstić information content (AvgIpc) is 2.77. The van der Waals surface area contributed by atoms with Crippen molar-refractivity contribution in [3.63, 3.8) is 0 Å². The molecule has 2 heterocycles. The monoisotopic (exact) mass is 247 g/mol. The van der Waals surface area contributed by atoms with Crippen LogP contribution >= 0.6 is 11.3 Å². The van der Waals surface area contributed by atoms with Crippen molar-refractivity contribution in [3.05, 3.63) is 40.0 Å². The van der Waals surface area contributed by atoms with E-state index in [9.17, 15) is 0 Å². The van der Waals surface area contributed by atoms with E-state index in [-0.39, 0.29) is 0 Å². The van der Waals surface area contributed by atoms with Crippen molar-refractivity contribution in [2.24, 2.45) is 0 Å². The Morgan fingerprint density at radius 2 is 2.24 bits per heavy atom. The van der Waals surface area contributed by atoms with Crippen molar-refractivity contribution in [1.82, 2.24) is 9.97 Å². The van der Waals surface area contributed by atoms with E-state index in [2.05, 4.69) is 22.2 Å². The molecule has 90 valence electrons. The van der Waals surface area contributed by atoms with E-state index in [1.807, 2.05) is 31.3 Å². The molecule has 0 aliphatic carbocycles. The summed E-state index contributed by atoms with van der Waals surface area (Å²) < 4.78 is 0. The molecule has 0 saturated heterocycles. The predicted octanol–water partition coefficient (Wildman–Crippen LogP) is 3.06. The van der Waals surface area contributed by atoms with Gasteiger partial charge in [0.2, 0.25) is 0 Å². The van der Waals surface area contributed by atoms with Gasteiger partial charge in [0.05, 0.1) is 5.01 Å². The number of anilines is 1. The molecule has 2 aromatic rings. The highest BCUT2D eigenvalue weighted by molar-refractivity contribution is 7.11. The van der Waals surface area contributed by atoms with E-state index in [0.717, 1.165) is 30.9 Å². The lowest BCUT2D eigenvalue weighted by Gasteiger charge is -2.04. The maximum absolute atomic E-state index is 4.40. The first kappa shape index (κ1) is 12.0. The first-order valence-electron chi connectivity index (χ1n) is 5.89. The Bertz CT molecular complexity index is 479. The number of hydrogen-bond donors (Lipinski definition) is 1. The fraction of sp³-hybridized carbons (Fsp3) is 0.385. The largest absolute Gasteiger partial charge is 0.370 e. The van der Waals surface area contributed by atoms with Crippen molar-refractivity contribution in [3.8, 4) is 0 Å². The molecule has 0 bridgehead atoms. The molecular weight excluding hydrogens is 230 g/mol. The molecule has 2 rings (SSSR count). The third kappa shape index (κ3) is 3.53. The van der Waals surface area contributed by atoms with Crippen LogP contribution in [-0.2, 0) is 12.8 Å². The molecule has 0 radical (unpaired) electrons. The van der Waals surface area contributed by atoms with Gasteiger partial charge in [0.1, 0.15) is 5.82 Å². The Kier molecular flexibility index (Phi) is 4.09. The SMILES string of the molecule is CCc1cnc(CCNc2cccc(C)n2)s1. The highest BCUT2D eigenvalue weighted by atomic mass is 32.1. The van der Waals surface area contributed by atoms with Crippen LogP contribution < -0.4 is 5.32 Å². The minimum Gasteiger partial charge on any atom is -0.370 e. The van der Waals surface area contributed by atoms with Crippen LogP contribution in [0.2, 0.25) is 0 Å². The Hall–Kier alpha value is -1.42. The van der Waals surface area contributed by atoms with Gasteiger partial charge in [-0.1, -0.05) is 13.0 Å². The fourth-order valence-corrected chi connectivity index (χ4v) is 2.43. The number of aromatic nitrogens is 2. The molecule has 0 atom stereocenters. The van der Waals surface area contributed by atoms with Gasteiger partial charge in [-0.3, -0.25) is 0 Å². The molecule has 4 heteroatoms. The van der Waals surface area contributed by atoms with Crippen molar-refractivity contribution < 1.29 is 0 Å². The summed E-state index contributed by atoms with van der Waals surface area (Å²) in [5, 5.41) is 4.51. The summed E-state index contributed by atoms with van der Waals surface area (Å²) in [5.74, 6) is 0.942. The molecule has 0 aliphatic rings. The summed E-state index contributed by atoms with van der Waals surface area (Å²) in [6.07, 6.45) is 4.01. The number of nitrogens with zero attached hydrogens (tertiary/aromatic N) is 2. The van der Waals surface area contributed by atoms with Crippen molar-refractivity contribution in [2.45, 2.75) is 26.7 Å². The summed E-state index contributed by atoms with van der Waals surface area (Å²) in [6, 6.07) is 6.01. The van der Waals surface area contributed by atoms with Gasteiger partial charge >= 0.3 is 0 Å². The lowest BCUT2D eigenvalue weighted by molar-refractivity contribution is 0.982. The van der Waals surface area contributed by atoms with Crippen LogP contribution in [0, 0.1) is 6.92 Å². The molecule has 0 saturated carbocycles. The smallest absolute Gasteiger partial charge is 0.126 e. The molecule has 1 N–H and O–H groups in total. The topological polar surface area (TPSA) is 37.8 Å². The van der Waals surface area contributed by atoms with E-state index in [4.69, 9.17) is 0 Å². The summed E-state index contributed by atoms with van der Waals surface area (Å²) in [7, 11) is 0. The van der Waals surface area contributed by atoms with E-state index in [0.29, 0.717) is 0 Å². The van der Waals surface area contributed by atoms with Crippen LogP contribution in [0.15, 0.2) is 24.4 Å². The van der Waals surface area contributed by atoms with E-state index in [1.165, 1.54) is 9.88 Å². The predicted molar refractivity (Wildman–Crippen MR) is 72.7 cm³/mol. The number of thiazole rings is 1. The number of nitrogens with one attached hydrogen (secondary N) is 1. The molecule has 2 aromatic heterocycles. The summed E-state index contributed by atoms with van der Waals surface area (Å²) in [6.45, 7) is 5.04. The van der Waals surface area contributed by atoms with Crippen LogP contribution in [-0.4, -0.2) is 16.5 Å². The highest BCUT2D eigenvalue weighted by Gasteiger charge is 2.00. The maximum atomic E-state index is 4.40. The average molecular weight is 247 g/mol. The van der Waals surface area contributed by atoms with Gasteiger partial charge in [0.15, 0.2) is 0 Å². The third-order valence-electron chi connectivity index (χ3n) is 2.48. The zero-order valence-electron chi connectivity index (χ0n) is 10.2. The minimum absolute atomic E-state index is 0.882. The van der Waals surface area contributed by atoms with E-state index >= 15 is 0 Å². The molecule has 0 fully saturated rings. The zero-order chi connectivity index (χ0) is 12.1. The second kappa shape index (κ2) is 5.77. The third-order valence-corrected chi connectivity index (χ3v) is 3.68. The molecular formula is C13H17N3S. The quantitative estimate of drug-likeness (QED) is 0.882. The van der Waals surface area contributed by atoms with Crippen LogP contribution in [0.5, 0.6) is 0 Å². The Balaban J connectivity index is 1.83. The van der Waals surface area contributed by atoms with Gasteiger partial charge in [0, 0.05) is 29.7 Å². The van der Waals surface area contributed by atoms with Crippen LogP contribution in [0.4, 0.5) is 5.82 Å². The highest BCUT2D eigenvalue weighted by Crippen LogP contribution is 2.14. The van der Waals surface area contributed by atoms with Gasteiger partial charge in [-0.25, -0.2) is 9.97 Å². The summed E-state index contributed by atoms with van der Waals surface area (Å²) in [5.41, 5.74) is 1.04.